The zero-order valence-electron chi connectivity index (χ0n) is 11.6. The van der Waals surface area contributed by atoms with E-state index in [4.69, 9.17) is 0 Å². The van der Waals surface area contributed by atoms with Gasteiger partial charge in [-0.2, -0.15) is 5.10 Å². The van der Waals surface area contributed by atoms with Crippen molar-refractivity contribution in [3.05, 3.63) is 23.5 Å². The number of hydrogen-bond acceptors (Lipinski definition) is 5. The van der Waals surface area contributed by atoms with Crippen LogP contribution in [-0.2, 0) is 23.1 Å². The van der Waals surface area contributed by atoms with Crippen LogP contribution in [0.25, 0.3) is 11.0 Å². The van der Waals surface area contributed by atoms with Gasteiger partial charge in [0.15, 0.2) is 5.65 Å². The largest absolute Gasteiger partial charge is 0.468 e. The summed E-state index contributed by atoms with van der Waals surface area (Å²) in [6.45, 7) is 4.29. The van der Waals surface area contributed by atoms with Gasteiger partial charge in [-0.05, 0) is 25.5 Å². The average molecular weight is 262 g/mol. The summed E-state index contributed by atoms with van der Waals surface area (Å²) in [5.41, 5.74) is 2.83. The molecule has 0 spiro atoms. The molecule has 1 atom stereocenters. The quantitative estimate of drug-likeness (QED) is 0.830. The topological polar surface area (TPSA) is 69.0 Å². The van der Waals surface area contributed by atoms with E-state index in [9.17, 15) is 4.79 Å². The van der Waals surface area contributed by atoms with Crippen molar-refractivity contribution in [2.24, 2.45) is 7.05 Å². The summed E-state index contributed by atoms with van der Waals surface area (Å²) in [5.74, 6) is -0.272. The lowest BCUT2D eigenvalue weighted by Crippen LogP contribution is -2.34. The minimum absolute atomic E-state index is 0.272. The van der Waals surface area contributed by atoms with E-state index in [1.54, 1.807) is 17.8 Å². The average Bonchev–Trinajstić information content (AvgIpc) is 2.70. The molecule has 0 aliphatic rings. The molecule has 0 aliphatic carbocycles. The van der Waals surface area contributed by atoms with Gasteiger partial charge in [0.05, 0.1) is 12.8 Å². The molecule has 0 fully saturated rings. The van der Waals surface area contributed by atoms with Crippen LogP contribution >= 0.6 is 0 Å². The molecular weight excluding hydrogens is 244 g/mol. The highest BCUT2D eigenvalue weighted by molar-refractivity contribution is 5.78. The molecule has 0 radical (unpaired) electrons. The molecule has 0 amide bonds. The van der Waals surface area contributed by atoms with Gasteiger partial charge < -0.3 is 10.1 Å². The Morgan fingerprint density at radius 3 is 3.00 bits per heavy atom. The number of nitrogens with one attached hydrogen (secondary N) is 1. The van der Waals surface area contributed by atoms with Gasteiger partial charge in [0.25, 0.3) is 0 Å². The molecule has 2 heterocycles. The molecule has 19 heavy (non-hydrogen) atoms. The van der Waals surface area contributed by atoms with Gasteiger partial charge >= 0.3 is 5.97 Å². The number of carbonyl (C=O) groups is 1. The van der Waals surface area contributed by atoms with E-state index >= 15 is 0 Å². The molecule has 102 valence electrons. The van der Waals surface area contributed by atoms with Gasteiger partial charge in [0, 0.05) is 25.2 Å². The van der Waals surface area contributed by atoms with E-state index in [2.05, 4.69) is 20.1 Å². The molecule has 1 N–H and O–H groups in total. The SMILES string of the molecule is COC(=O)[C@H](C)NCc1cnc2c(c1)c(C)nn2C. The number of carbonyl (C=O) groups excluding carboxylic acids is 1. The number of hydrogen-bond donors (Lipinski definition) is 1. The Bertz CT molecular complexity index is 606. The van der Waals surface area contributed by atoms with Crippen LogP contribution in [0.5, 0.6) is 0 Å². The number of ether oxygens (including phenoxy) is 1. The monoisotopic (exact) mass is 262 g/mol. The fraction of sp³-hybridized carbons (Fsp3) is 0.462. The summed E-state index contributed by atoms with van der Waals surface area (Å²) in [5, 5.41) is 8.46. The molecule has 2 aromatic heterocycles. The number of pyridine rings is 1. The molecule has 6 heteroatoms. The van der Waals surface area contributed by atoms with Crippen LogP contribution < -0.4 is 5.32 Å². The Balaban J connectivity index is 2.14. The van der Waals surface area contributed by atoms with Crippen LogP contribution in [0, 0.1) is 6.92 Å². The number of esters is 1. The maximum Gasteiger partial charge on any atom is 0.322 e. The fourth-order valence-electron chi connectivity index (χ4n) is 1.98. The maximum atomic E-state index is 11.3. The molecule has 0 saturated carbocycles. The Morgan fingerprint density at radius 2 is 2.32 bits per heavy atom. The lowest BCUT2D eigenvalue weighted by atomic mass is 10.2. The predicted molar refractivity (Wildman–Crippen MR) is 71.6 cm³/mol. The van der Waals surface area contributed by atoms with Gasteiger partial charge in [-0.3, -0.25) is 9.48 Å². The van der Waals surface area contributed by atoms with Crippen LogP contribution in [0.4, 0.5) is 0 Å². The van der Waals surface area contributed by atoms with E-state index in [-0.39, 0.29) is 12.0 Å². The van der Waals surface area contributed by atoms with Crippen LogP contribution in [0.2, 0.25) is 0 Å². The number of rotatable bonds is 4. The van der Waals surface area contributed by atoms with Crippen molar-refractivity contribution in [1.29, 1.82) is 0 Å². The summed E-state index contributed by atoms with van der Waals surface area (Å²) in [7, 11) is 3.26. The van der Waals surface area contributed by atoms with Crippen LogP contribution in [0.15, 0.2) is 12.3 Å². The van der Waals surface area contributed by atoms with Gasteiger partial charge in [-0.15, -0.1) is 0 Å². The van der Waals surface area contributed by atoms with Gasteiger partial charge in [-0.25, -0.2) is 4.98 Å². The molecule has 0 saturated heterocycles. The first-order valence-corrected chi connectivity index (χ1v) is 6.12. The third kappa shape index (κ3) is 2.73. The molecule has 0 aliphatic heterocycles. The zero-order valence-corrected chi connectivity index (χ0v) is 11.6. The van der Waals surface area contributed by atoms with Crippen LogP contribution in [0.3, 0.4) is 0 Å². The lowest BCUT2D eigenvalue weighted by molar-refractivity contribution is -0.142. The second-order valence-corrected chi connectivity index (χ2v) is 4.55. The van der Waals surface area contributed by atoms with E-state index in [1.807, 2.05) is 20.0 Å². The van der Waals surface area contributed by atoms with Crippen molar-refractivity contribution < 1.29 is 9.53 Å². The zero-order chi connectivity index (χ0) is 14.0. The summed E-state index contributed by atoms with van der Waals surface area (Å²) in [4.78, 5) is 15.7. The van der Waals surface area contributed by atoms with Crippen molar-refractivity contribution in [2.45, 2.75) is 26.4 Å². The van der Waals surface area contributed by atoms with Gasteiger partial charge in [0.1, 0.15) is 6.04 Å². The highest BCUT2D eigenvalue weighted by atomic mass is 16.5. The van der Waals surface area contributed by atoms with Gasteiger partial charge in [0.2, 0.25) is 0 Å². The van der Waals surface area contributed by atoms with E-state index in [1.165, 1.54) is 7.11 Å². The Kier molecular flexibility index (Phi) is 3.80. The Hall–Kier alpha value is -1.95. The molecule has 6 nitrogen and oxygen atoms in total. The summed E-state index contributed by atoms with van der Waals surface area (Å²) < 4.78 is 6.43. The van der Waals surface area contributed by atoms with Crippen molar-refractivity contribution >= 4 is 17.0 Å². The van der Waals surface area contributed by atoms with Crippen LogP contribution in [-0.4, -0.2) is 33.9 Å². The van der Waals surface area contributed by atoms with Crippen molar-refractivity contribution in [3.8, 4) is 0 Å². The fourth-order valence-corrected chi connectivity index (χ4v) is 1.98. The smallest absolute Gasteiger partial charge is 0.322 e. The first kappa shape index (κ1) is 13.5. The molecular formula is C13H18N4O2. The number of methoxy groups -OCH3 is 1. The third-order valence-electron chi connectivity index (χ3n) is 3.09. The van der Waals surface area contributed by atoms with Gasteiger partial charge in [-0.1, -0.05) is 0 Å². The Morgan fingerprint density at radius 1 is 1.58 bits per heavy atom. The standard InChI is InChI=1S/C13H18N4O2/c1-8-11-5-10(6-14-9(2)13(18)19-4)7-15-12(11)17(3)16-8/h5,7,9,14H,6H2,1-4H3/t9-/m0/s1. The van der Waals surface area contributed by atoms with Crippen molar-refractivity contribution in [1.82, 2.24) is 20.1 Å². The molecule has 2 aromatic rings. The number of aryl methyl sites for hydroxylation is 2. The minimum Gasteiger partial charge on any atom is -0.468 e. The molecule has 0 unspecified atom stereocenters. The maximum absolute atomic E-state index is 11.3. The lowest BCUT2D eigenvalue weighted by Gasteiger charge is -2.11. The molecule has 2 rings (SSSR count). The molecule has 0 aromatic carbocycles. The summed E-state index contributed by atoms with van der Waals surface area (Å²) in [6.07, 6.45) is 1.79. The summed E-state index contributed by atoms with van der Waals surface area (Å²) >= 11 is 0. The van der Waals surface area contributed by atoms with E-state index in [0.717, 1.165) is 22.3 Å². The first-order valence-electron chi connectivity index (χ1n) is 6.12. The second-order valence-electron chi connectivity index (χ2n) is 4.55. The van der Waals surface area contributed by atoms with Crippen LogP contribution in [0.1, 0.15) is 18.2 Å². The van der Waals surface area contributed by atoms with E-state index in [0.29, 0.717) is 6.54 Å². The normalized spacial score (nSPS) is 12.6. The first-order chi connectivity index (χ1) is 9.02. The number of nitrogens with zero attached hydrogens (tertiary/aromatic N) is 3. The minimum atomic E-state index is -0.337. The number of fused-ring (bicyclic) bond motifs is 1. The molecule has 0 bridgehead atoms. The highest BCUT2D eigenvalue weighted by Crippen LogP contribution is 2.16. The highest BCUT2D eigenvalue weighted by Gasteiger charge is 2.12. The van der Waals surface area contributed by atoms with Crippen molar-refractivity contribution in [2.75, 3.05) is 7.11 Å². The predicted octanol–water partition coefficient (Wildman–Crippen LogP) is 0.928. The third-order valence-corrected chi connectivity index (χ3v) is 3.09. The number of aromatic nitrogens is 3. The van der Waals surface area contributed by atoms with E-state index < -0.39 is 0 Å². The Labute approximate surface area is 111 Å². The second kappa shape index (κ2) is 5.36. The summed E-state index contributed by atoms with van der Waals surface area (Å²) in [6, 6.07) is 1.71. The van der Waals surface area contributed by atoms with Crippen molar-refractivity contribution in [3.63, 3.8) is 0 Å².